The van der Waals surface area contributed by atoms with E-state index in [9.17, 15) is 32.9 Å². The van der Waals surface area contributed by atoms with E-state index in [1.807, 2.05) is 0 Å². The summed E-state index contributed by atoms with van der Waals surface area (Å²) in [6, 6.07) is 5.75. The summed E-state index contributed by atoms with van der Waals surface area (Å²) < 4.78 is 40.0. The quantitative estimate of drug-likeness (QED) is 0.428. The highest BCUT2D eigenvalue weighted by Gasteiger charge is 2.27. The van der Waals surface area contributed by atoms with Crippen molar-refractivity contribution in [3.63, 3.8) is 0 Å². The minimum absolute atomic E-state index is 0.0949. The fourth-order valence-corrected chi connectivity index (χ4v) is 2.75. The second-order valence-corrected chi connectivity index (χ2v) is 6.23. The average molecular weight is 409 g/mol. The van der Waals surface area contributed by atoms with Gasteiger partial charge in [-0.25, -0.2) is 13.2 Å². The van der Waals surface area contributed by atoms with E-state index in [2.05, 4.69) is 5.32 Å². The number of aryl methyl sites for hydroxylation is 1. The number of carbonyl (C=O) groups is 2. The molecule has 0 aromatic heterocycles. The lowest BCUT2D eigenvalue weighted by atomic mass is 10.1. The number of nitrogens with zero attached hydrogens (tertiary/aromatic N) is 2. The molecule has 2 aromatic carbocycles. The molecule has 0 fully saturated rings. The summed E-state index contributed by atoms with van der Waals surface area (Å²) in [5, 5.41) is 13.4. The molecule has 0 saturated carbocycles. The van der Waals surface area contributed by atoms with Crippen LogP contribution in [0.15, 0.2) is 30.3 Å². The van der Waals surface area contributed by atoms with E-state index in [1.165, 1.54) is 25.1 Å². The van der Waals surface area contributed by atoms with Gasteiger partial charge in [-0.05, 0) is 31.5 Å². The Morgan fingerprint density at radius 3 is 2.45 bits per heavy atom. The second kappa shape index (κ2) is 9.18. The van der Waals surface area contributed by atoms with Gasteiger partial charge in [-0.15, -0.1) is 0 Å². The Hall–Kier alpha value is -3.43. The largest absolute Gasteiger partial charge is 0.329 e. The number of amides is 2. The van der Waals surface area contributed by atoms with Gasteiger partial charge in [0.1, 0.15) is 12.1 Å². The predicted octanol–water partition coefficient (Wildman–Crippen LogP) is 3.81. The van der Waals surface area contributed by atoms with E-state index in [4.69, 9.17) is 0 Å². The zero-order valence-corrected chi connectivity index (χ0v) is 15.7. The Balaban J connectivity index is 2.26. The fourth-order valence-electron chi connectivity index (χ4n) is 2.75. The molecular formula is C19H18F3N3O4. The Kier molecular flexibility index (Phi) is 6.92. The number of nitrogens with one attached hydrogen (secondary N) is 1. The van der Waals surface area contributed by atoms with E-state index in [0.29, 0.717) is 12.5 Å². The van der Waals surface area contributed by atoms with Gasteiger partial charge in [-0.2, -0.15) is 0 Å². The first kappa shape index (κ1) is 21.9. The summed E-state index contributed by atoms with van der Waals surface area (Å²) in [4.78, 5) is 36.8. The van der Waals surface area contributed by atoms with Crippen LogP contribution in [0.25, 0.3) is 0 Å². The molecule has 0 aliphatic carbocycles. The third kappa shape index (κ3) is 4.89. The van der Waals surface area contributed by atoms with Crippen molar-refractivity contribution in [2.24, 2.45) is 0 Å². The van der Waals surface area contributed by atoms with Crippen molar-refractivity contribution in [3.8, 4) is 0 Å². The summed E-state index contributed by atoms with van der Waals surface area (Å²) in [7, 11) is 0. The van der Waals surface area contributed by atoms with Gasteiger partial charge in [-0.1, -0.05) is 19.1 Å². The topological polar surface area (TPSA) is 92.6 Å². The van der Waals surface area contributed by atoms with E-state index >= 15 is 0 Å². The van der Waals surface area contributed by atoms with Crippen LogP contribution in [0.1, 0.15) is 29.3 Å². The van der Waals surface area contributed by atoms with E-state index < -0.39 is 46.4 Å². The van der Waals surface area contributed by atoms with Crippen LogP contribution in [-0.4, -0.2) is 34.7 Å². The molecule has 0 unspecified atom stereocenters. The molecule has 0 spiro atoms. The number of anilines is 1. The molecule has 1 N–H and O–H groups in total. The minimum atomic E-state index is -1.74. The van der Waals surface area contributed by atoms with Crippen molar-refractivity contribution in [1.82, 2.24) is 4.90 Å². The highest BCUT2D eigenvalue weighted by molar-refractivity contribution is 6.02. The van der Waals surface area contributed by atoms with Crippen LogP contribution in [0.3, 0.4) is 0 Å². The molecule has 0 atom stereocenters. The van der Waals surface area contributed by atoms with Crippen molar-refractivity contribution < 1.29 is 27.7 Å². The van der Waals surface area contributed by atoms with E-state index in [1.54, 1.807) is 6.92 Å². The molecule has 7 nitrogen and oxygen atoms in total. The first-order valence-electron chi connectivity index (χ1n) is 8.64. The molecule has 0 radical (unpaired) electrons. The molecule has 2 aromatic rings. The number of nitro groups is 1. The first-order chi connectivity index (χ1) is 13.7. The smallest absolute Gasteiger partial charge is 0.285 e. The Morgan fingerprint density at radius 1 is 1.14 bits per heavy atom. The number of benzene rings is 2. The molecule has 29 heavy (non-hydrogen) atoms. The molecule has 154 valence electrons. The number of hydrogen-bond acceptors (Lipinski definition) is 4. The SMILES string of the molecule is CCCN(CC(=O)Nc1ccc(F)c(F)c1F)C(=O)c1cccc(C)c1[N+](=O)[O-]. The van der Waals surface area contributed by atoms with E-state index in [-0.39, 0.29) is 23.4 Å². The summed E-state index contributed by atoms with van der Waals surface area (Å²) in [6.07, 6.45) is 0.443. The maximum atomic E-state index is 13.7. The summed E-state index contributed by atoms with van der Waals surface area (Å²) in [5.74, 6) is -6.33. The van der Waals surface area contributed by atoms with Gasteiger partial charge >= 0.3 is 0 Å². The van der Waals surface area contributed by atoms with Crippen LogP contribution in [-0.2, 0) is 4.79 Å². The molecule has 2 amide bonds. The van der Waals surface area contributed by atoms with Crippen molar-refractivity contribution in [2.45, 2.75) is 20.3 Å². The molecule has 10 heteroatoms. The molecule has 0 aliphatic rings. The zero-order chi connectivity index (χ0) is 21.7. The highest BCUT2D eigenvalue weighted by Crippen LogP contribution is 2.25. The van der Waals surface area contributed by atoms with Crippen LogP contribution in [0.2, 0.25) is 0 Å². The summed E-state index contributed by atoms with van der Waals surface area (Å²) in [5.41, 5.74) is -0.856. The van der Waals surface area contributed by atoms with Gasteiger partial charge in [0.25, 0.3) is 11.6 Å². The lowest BCUT2D eigenvalue weighted by Crippen LogP contribution is -2.39. The van der Waals surface area contributed by atoms with Crippen LogP contribution >= 0.6 is 0 Å². The standard InChI is InChI=1S/C19H18F3N3O4/c1-3-9-24(19(27)12-6-4-5-11(2)18(12)25(28)29)10-15(26)23-14-8-7-13(20)16(21)17(14)22/h4-8H,3,9-10H2,1-2H3,(H,23,26). The van der Waals surface area contributed by atoms with Crippen molar-refractivity contribution in [2.75, 3.05) is 18.4 Å². The monoisotopic (exact) mass is 409 g/mol. The fraction of sp³-hybridized carbons (Fsp3) is 0.263. The Bertz CT molecular complexity index is 966. The third-order valence-corrected chi connectivity index (χ3v) is 4.08. The predicted molar refractivity (Wildman–Crippen MR) is 99.0 cm³/mol. The van der Waals surface area contributed by atoms with Gasteiger partial charge < -0.3 is 10.2 Å². The molecule has 2 rings (SSSR count). The molecule has 0 aliphatic heterocycles. The van der Waals surface area contributed by atoms with Crippen LogP contribution in [0, 0.1) is 34.5 Å². The second-order valence-electron chi connectivity index (χ2n) is 6.23. The Labute approximate surface area is 164 Å². The number of para-hydroxylation sites is 1. The first-order valence-corrected chi connectivity index (χ1v) is 8.64. The number of carbonyl (C=O) groups excluding carboxylic acids is 2. The number of rotatable bonds is 7. The Morgan fingerprint density at radius 2 is 1.83 bits per heavy atom. The van der Waals surface area contributed by atoms with Gasteiger partial charge in [0.05, 0.1) is 10.6 Å². The van der Waals surface area contributed by atoms with Gasteiger partial charge in [0, 0.05) is 12.1 Å². The van der Waals surface area contributed by atoms with Crippen LogP contribution in [0.5, 0.6) is 0 Å². The maximum Gasteiger partial charge on any atom is 0.285 e. The van der Waals surface area contributed by atoms with Gasteiger partial charge in [-0.3, -0.25) is 19.7 Å². The number of nitro benzene ring substituents is 1. The lowest BCUT2D eigenvalue weighted by molar-refractivity contribution is -0.385. The zero-order valence-electron chi connectivity index (χ0n) is 15.7. The van der Waals surface area contributed by atoms with Crippen molar-refractivity contribution >= 4 is 23.2 Å². The van der Waals surface area contributed by atoms with Crippen LogP contribution in [0.4, 0.5) is 24.5 Å². The average Bonchev–Trinajstić information content (AvgIpc) is 2.67. The number of halogens is 3. The molecule has 0 heterocycles. The van der Waals surface area contributed by atoms with Crippen LogP contribution < -0.4 is 5.32 Å². The van der Waals surface area contributed by atoms with E-state index in [0.717, 1.165) is 11.0 Å². The lowest BCUT2D eigenvalue weighted by Gasteiger charge is -2.22. The minimum Gasteiger partial charge on any atom is -0.329 e. The van der Waals surface area contributed by atoms with Gasteiger partial charge in [0.15, 0.2) is 17.5 Å². The maximum absolute atomic E-state index is 13.7. The van der Waals surface area contributed by atoms with Gasteiger partial charge in [0.2, 0.25) is 5.91 Å². The summed E-state index contributed by atoms with van der Waals surface area (Å²) in [6.45, 7) is 2.75. The van der Waals surface area contributed by atoms with Crippen molar-refractivity contribution in [3.05, 3.63) is 69.0 Å². The van der Waals surface area contributed by atoms with Crippen molar-refractivity contribution in [1.29, 1.82) is 0 Å². The number of hydrogen-bond donors (Lipinski definition) is 1. The molecule has 0 saturated heterocycles. The normalized spacial score (nSPS) is 10.5. The summed E-state index contributed by atoms with van der Waals surface area (Å²) >= 11 is 0. The molecule has 0 bridgehead atoms. The third-order valence-electron chi connectivity index (χ3n) is 4.08. The molecular weight excluding hydrogens is 391 g/mol. The highest BCUT2D eigenvalue weighted by atomic mass is 19.2.